The Hall–Kier alpha value is -3.44. The molecule has 1 aliphatic carbocycles. The van der Waals surface area contributed by atoms with E-state index in [0.717, 1.165) is 57.7 Å². The molecule has 1 aromatic heterocycles. The molecule has 1 saturated carbocycles. The number of primary sulfonamides is 1. The van der Waals surface area contributed by atoms with Gasteiger partial charge in [-0.2, -0.15) is 13.2 Å². The van der Waals surface area contributed by atoms with Crippen LogP contribution in [0.2, 0.25) is 0 Å². The number of likely N-dealkylation sites (tertiary alicyclic amines) is 1. The standard InChI is InChI=1S/C35H44F3N5O4S/c1-46-33-23-28(48(39,44)45)11-12-31(33)40-17-3-4-27-22-29-30(5-2-6-32(29)43(27)24-35(36,37)38)41-25-7-9-26(10-8-25)42-18-13-34(14-19-42)15-20-47-21-16-34/h2,5-6,11-12,22-23,25-26,40-41H,7-10,13-21,24H2,1H3,(H2,39,44,45)/t25-,26+. The molecule has 6 rings (SSSR count). The molecular formula is C35H44F3N5O4S. The molecule has 0 atom stereocenters. The van der Waals surface area contributed by atoms with Crippen LogP contribution >= 0.6 is 0 Å². The fourth-order valence-corrected chi connectivity index (χ4v) is 8.13. The molecule has 0 amide bonds. The number of alkyl halides is 3. The number of sulfonamides is 1. The molecule has 2 saturated heterocycles. The third-order valence-corrected chi connectivity index (χ3v) is 11.3. The molecule has 9 nitrogen and oxygen atoms in total. The number of anilines is 2. The monoisotopic (exact) mass is 687 g/mol. The summed E-state index contributed by atoms with van der Waals surface area (Å²) in [6, 6.07) is 12.1. The Balaban J connectivity index is 1.12. The predicted molar refractivity (Wildman–Crippen MR) is 181 cm³/mol. The fourth-order valence-electron chi connectivity index (χ4n) is 7.61. The third kappa shape index (κ3) is 8.05. The summed E-state index contributed by atoms with van der Waals surface area (Å²) in [6.45, 7) is 3.03. The molecule has 3 aliphatic rings. The van der Waals surface area contributed by atoms with Crippen molar-refractivity contribution < 1.29 is 31.1 Å². The number of hydrogen-bond acceptors (Lipinski definition) is 7. The van der Waals surface area contributed by atoms with Crippen LogP contribution in [0.3, 0.4) is 0 Å². The van der Waals surface area contributed by atoms with Crippen LogP contribution in [-0.2, 0) is 21.3 Å². The van der Waals surface area contributed by atoms with Crippen molar-refractivity contribution in [3.8, 4) is 17.6 Å². The van der Waals surface area contributed by atoms with Crippen molar-refractivity contribution in [3.63, 3.8) is 0 Å². The highest BCUT2D eigenvalue weighted by Gasteiger charge is 2.38. The van der Waals surface area contributed by atoms with E-state index in [2.05, 4.69) is 27.4 Å². The first-order valence-electron chi connectivity index (χ1n) is 16.6. The van der Waals surface area contributed by atoms with Crippen molar-refractivity contribution in [2.75, 3.05) is 50.6 Å². The maximum Gasteiger partial charge on any atom is 0.406 e. The molecule has 1 spiro atoms. The van der Waals surface area contributed by atoms with Crippen LogP contribution in [0.4, 0.5) is 24.5 Å². The molecule has 2 aromatic carbocycles. The third-order valence-electron chi connectivity index (χ3n) is 10.4. The SMILES string of the molecule is COc1cc(S(N)(=O)=O)ccc1NCC#Cc1cc2c(N[C@H]3CC[C@@H](N4CCC5(CCOCC5)CC4)CC3)cccc2n1CC(F)(F)F. The van der Waals surface area contributed by atoms with E-state index in [1.54, 1.807) is 18.2 Å². The van der Waals surface area contributed by atoms with E-state index >= 15 is 0 Å². The zero-order valence-electron chi connectivity index (χ0n) is 27.2. The first kappa shape index (κ1) is 34.4. The van der Waals surface area contributed by atoms with Gasteiger partial charge < -0.3 is 29.6 Å². The predicted octanol–water partition coefficient (Wildman–Crippen LogP) is 5.94. The van der Waals surface area contributed by atoms with E-state index in [-0.39, 0.29) is 28.9 Å². The summed E-state index contributed by atoms with van der Waals surface area (Å²) in [5.41, 5.74) is 2.49. The normalized spacial score (nSPS) is 21.9. The molecule has 3 aromatic rings. The zero-order valence-corrected chi connectivity index (χ0v) is 28.1. The largest absolute Gasteiger partial charge is 0.495 e. The number of rotatable bonds is 8. The van der Waals surface area contributed by atoms with Gasteiger partial charge in [-0.1, -0.05) is 12.0 Å². The minimum atomic E-state index is -4.43. The number of fused-ring (bicyclic) bond motifs is 1. The number of benzene rings is 2. The molecule has 4 N–H and O–H groups in total. The summed E-state index contributed by atoms with van der Waals surface area (Å²) >= 11 is 0. The van der Waals surface area contributed by atoms with Crippen molar-refractivity contribution in [2.45, 2.75) is 81.1 Å². The first-order chi connectivity index (χ1) is 22.9. The lowest BCUT2D eigenvalue weighted by Gasteiger charge is -2.47. The smallest absolute Gasteiger partial charge is 0.406 e. The van der Waals surface area contributed by atoms with Crippen LogP contribution in [-0.4, -0.2) is 76.1 Å². The second-order valence-corrected chi connectivity index (χ2v) is 14.9. The summed E-state index contributed by atoms with van der Waals surface area (Å²) < 4.78 is 76.6. The second-order valence-electron chi connectivity index (χ2n) is 13.3. The molecule has 13 heteroatoms. The Bertz CT molecular complexity index is 1760. The highest BCUT2D eigenvalue weighted by molar-refractivity contribution is 7.89. The fraction of sp³-hybridized carbons (Fsp3) is 0.543. The van der Waals surface area contributed by atoms with Gasteiger partial charge >= 0.3 is 6.18 Å². The van der Waals surface area contributed by atoms with Crippen LogP contribution in [0, 0.1) is 17.3 Å². The van der Waals surface area contributed by atoms with Crippen molar-refractivity contribution in [1.82, 2.24) is 9.47 Å². The van der Waals surface area contributed by atoms with Crippen LogP contribution < -0.4 is 20.5 Å². The summed E-state index contributed by atoms with van der Waals surface area (Å²) in [4.78, 5) is 2.58. The summed E-state index contributed by atoms with van der Waals surface area (Å²) in [6.07, 6.45) is 4.71. The molecule has 2 aliphatic heterocycles. The molecule has 0 radical (unpaired) electrons. The number of hydrogen-bond donors (Lipinski definition) is 3. The number of ether oxygens (including phenoxy) is 2. The van der Waals surface area contributed by atoms with Gasteiger partial charge in [-0.25, -0.2) is 13.6 Å². The van der Waals surface area contributed by atoms with Gasteiger partial charge in [0.25, 0.3) is 0 Å². The summed E-state index contributed by atoms with van der Waals surface area (Å²) in [7, 11) is -2.52. The zero-order chi connectivity index (χ0) is 33.9. The minimum absolute atomic E-state index is 0.0827. The van der Waals surface area contributed by atoms with E-state index < -0.39 is 22.7 Å². The van der Waals surface area contributed by atoms with Crippen molar-refractivity contribution in [2.24, 2.45) is 10.6 Å². The second kappa shape index (κ2) is 14.2. The summed E-state index contributed by atoms with van der Waals surface area (Å²) in [5.74, 6) is 6.08. The van der Waals surface area contributed by atoms with Crippen LogP contribution in [0.5, 0.6) is 5.75 Å². The van der Waals surface area contributed by atoms with Gasteiger partial charge in [-0.3, -0.25) is 0 Å². The molecular weight excluding hydrogens is 643 g/mol. The number of nitrogens with one attached hydrogen (secondary N) is 2. The van der Waals surface area contributed by atoms with Crippen LogP contribution in [0.1, 0.15) is 57.1 Å². The number of nitrogens with zero attached hydrogens (tertiary/aromatic N) is 2. The Morgan fingerprint density at radius 3 is 2.42 bits per heavy atom. The average molecular weight is 688 g/mol. The summed E-state index contributed by atoms with van der Waals surface area (Å²) in [5, 5.41) is 12.6. The maximum absolute atomic E-state index is 13.7. The average Bonchev–Trinajstić information content (AvgIpc) is 3.40. The number of methoxy groups -OCH3 is 1. The van der Waals surface area contributed by atoms with Crippen molar-refractivity contribution >= 4 is 32.3 Å². The highest BCUT2D eigenvalue weighted by atomic mass is 32.2. The molecule has 0 bridgehead atoms. The Kier molecular flexibility index (Phi) is 10.2. The number of halogens is 3. The molecule has 48 heavy (non-hydrogen) atoms. The van der Waals surface area contributed by atoms with Gasteiger partial charge in [0.15, 0.2) is 0 Å². The molecule has 0 unspecified atom stereocenters. The molecule has 260 valence electrons. The number of nitrogens with two attached hydrogens (primary N) is 1. The lowest BCUT2D eigenvalue weighted by atomic mass is 9.72. The number of aromatic nitrogens is 1. The molecule has 3 heterocycles. The Morgan fingerprint density at radius 2 is 1.75 bits per heavy atom. The number of piperidine rings is 1. The Labute approximate surface area is 280 Å². The van der Waals surface area contributed by atoms with Gasteiger partial charge in [-0.15, -0.1) is 0 Å². The van der Waals surface area contributed by atoms with Crippen LogP contribution in [0.25, 0.3) is 10.9 Å². The quantitative estimate of drug-likeness (QED) is 0.252. The van der Waals surface area contributed by atoms with Crippen LogP contribution in [0.15, 0.2) is 47.4 Å². The maximum atomic E-state index is 13.7. The van der Waals surface area contributed by atoms with Crippen molar-refractivity contribution in [3.05, 3.63) is 48.2 Å². The van der Waals surface area contributed by atoms with Gasteiger partial charge in [0, 0.05) is 42.4 Å². The van der Waals surface area contributed by atoms with E-state index in [9.17, 15) is 21.6 Å². The van der Waals surface area contributed by atoms with Gasteiger partial charge in [0.05, 0.1) is 35.4 Å². The topological polar surface area (TPSA) is 111 Å². The molecule has 3 fully saturated rings. The minimum Gasteiger partial charge on any atom is -0.495 e. The van der Waals surface area contributed by atoms with Gasteiger partial charge in [-0.05, 0) is 106 Å². The van der Waals surface area contributed by atoms with Crippen molar-refractivity contribution in [1.29, 1.82) is 0 Å². The van der Waals surface area contributed by atoms with Gasteiger partial charge in [0.1, 0.15) is 12.3 Å². The lowest BCUT2D eigenvalue weighted by molar-refractivity contribution is -0.140. The lowest BCUT2D eigenvalue weighted by Crippen LogP contribution is -2.48. The van der Waals surface area contributed by atoms with E-state index in [0.29, 0.717) is 28.0 Å². The first-order valence-corrected chi connectivity index (χ1v) is 18.2. The Morgan fingerprint density at radius 1 is 1.02 bits per heavy atom. The van der Waals surface area contributed by atoms with Gasteiger partial charge in [0.2, 0.25) is 10.0 Å². The van der Waals surface area contributed by atoms with E-state index in [1.165, 1.54) is 55.6 Å². The van der Waals surface area contributed by atoms with E-state index in [1.807, 2.05) is 6.07 Å². The highest BCUT2D eigenvalue weighted by Crippen LogP contribution is 2.42. The van der Waals surface area contributed by atoms with E-state index in [4.69, 9.17) is 14.6 Å².